The van der Waals surface area contributed by atoms with E-state index in [4.69, 9.17) is 17.3 Å². The number of rotatable bonds is 5. The summed E-state index contributed by atoms with van der Waals surface area (Å²) in [6.45, 7) is 8.19. The van der Waals surface area contributed by atoms with E-state index in [1.165, 1.54) is 0 Å². The normalized spacial score (nSPS) is 12.9. The lowest BCUT2D eigenvalue weighted by Gasteiger charge is -2.29. The summed E-state index contributed by atoms with van der Waals surface area (Å²) in [5.41, 5.74) is 4.92. The zero-order valence-electron chi connectivity index (χ0n) is 12.0. The maximum atomic E-state index is 13.2. The Labute approximate surface area is 124 Å². The number of hydrogen-bond acceptors (Lipinski definition) is 3. The van der Waals surface area contributed by atoms with Crippen molar-refractivity contribution in [1.82, 2.24) is 4.72 Å². The molecule has 7 heteroatoms. The van der Waals surface area contributed by atoms with Crippen LogP contribution in [0.4, 0.5) is 10.1 Å². The quantitative estimate of drug-likeness (QED) is 0.818. The van der Waals surface area contributed by atoms with Gasteiger partial charge in [-0.1, -0.05) is 39.3 Å². The van der Waals surface area contributed by atoms with Gasteiger partial charge in [0.25, 0.3) is 0 Å². The van der Waals surface area contributed by atoms with Crippen molar-refractivity contribution in [3.8, 4) is 0 Å². The molecule has 0 saturated heterocycles. The molecule has 0 bridgehead atoms. The minimum absolute atomic E-state index is 0.188. The monoisotopic (exact) mass is 322 g/mol. The van der Waals surface area contributed by atoms with E-state index >= 15 is 0 Å². The third kappa shape index (κ3) is 3.84. The third-order valence-corrected chi connectivity index (χ3v) is 5.49. The van der Waals surface area contributed by atoms with E-state index in [1.54, 1.807) is 0 Å². The minimum Gasteiger partial charge on any atom is -0.396 e. The SMILES string of the molecule is CC(C)C(C)(C)CNS(=O)(=O)c1cc(N)c(F)cc1Cl. The van der Waals surface area contributed by atoms with Crippen LogP contribution >= 0.6 is 11.6 Å². The van der Waals surface area contributed by atoms with E-state index in [-0.39, 0.29) is 27.6 Å². The first-order valence-corrected chi connectivity index (χ1v) is 8.07. The van der Waals surface area contributed by atoms with Crippen molar-refractivity contribution in [2.75, 3.05) is 12.3 Å². The molecule has 0 spiro atoms. The zero-order chi connectivity index (χ0) is 15.7. The molecule has 1 aromatic rings. The number of anilines is 1. The highest BCUT2D eigenvalue weighted by atomic mass is 35.5. The molecular weight excluding hydrogens is 303 g/mol. The average Bonchev–Trinajstić information content (AvgIpc) is 2.31. The van der Waals surface area contributed by atoms with Crippen molar-refractivity contribution >= 4 is 27.3 Å². The maximum absolute atomic E-state index is 13.2. The van der Waals surface area contributed by atoms with Crippen molar-refractivity contribution in [2.45, 2.75) is 32.6 Å². The molecule has 1 rings (SSSR count). The Morgan fingerprint density at radius 3 is 2.45 bits per heavy atom. The van der Waals surface area contributed by atoms with E-state index in [2.05, 4.69) is 4.72 Å². The maximum Gasteiger partial charge on any atom is 0.242 e. The number of nitrogens with two attached hydrogens (primary N) is 1. The lowest BCUT2D eigenvalue weighted by Crippen LogP contribution is -2.37. The Morgan fingerprint density at radius 1 is 1.40 bits per heavy atom. The van der Waals surface area contributed by atoms with Crippen molar-refractivity contribution in [3.63, 3.8) is 0 Å². The lowest BCUT2D eigenvalue weighted by atomic mass is 9.81. The Balaban J connectivity index is 3.04. The second-order valence-electron chi connectivity index (χ2n) is 5.77. The number of sulfonamides is 1. The van der Waals surface area contributed by atoms with Gasteiger partial charge in [0, 0.05) is 6.54 Å². The molecule has 0 unspecified atom stereocenters. The summed E-state index contributed by atoms with van der Waals surface area (Å²) >= 11 is 5.78. The Kier molecular flexibility index (Phi) is 5.05. The molecule has 4 nitrogen and oxygen atoms in total. The molecule has 0 aliphatic carbocycles. The van der Waals surface area contributed by atoms with Gasteiger partial charge in [0.2, 0.25) is 10.0 Å². The molecule has 0 saturated carbocycles. The van der Waals surface area contributed by atoms with E-state index < -0.39 is 15.8 Å². The second-order valence-corrected chi connectivity index (χ2v) is 7.91. The van der Waals surface area contributed by atoms with Crippen LogP contribution in [0.15, 0.2) is 17.0 Å². The van der Waals surface area contributed by atoms with Crippen LogP contribution in [0.5, 0.6) is 0 Å². The fourth-order valence-corrected chi connectivity index (χ4v) is 3.08. The summed E-state index contributed by atoms with van der Waals surface area (Å²) in [5.74, 6) is -0.449. The lowest BCUT2D eigenvalue weighted by molar-refractivity contribution is 0.252. The van der Waals surface area contributed by atoms with Gasteiger partial charge in [0.15, 0.2) is 0 Å². The molecule has 0 atom stereocenters. The number of nitrogen functional groups attached to an aromatic ring is 1. The second kappa shape index (κ2) is 5.87. The number of nitrogens with one attached hydrogen (secondary N) is 1. The molecule has 0 aromatic heterocycles. The number of halogens is 2. The molecule has 0 aliphatic heterocycles. The van der Waals surface area contributed by atoms with Crippen molar-refractivity contribution in [3.05, 3.63) is 23.0 Å². The topological polar surface area (TPSA) is 72.2 Å². The highest BCUT2D eigenvalue weighted by Crippen LogP contribution is 2.28. The molecule has 0 aliphatic rings. The molecule has 20 heavy (non-hydrogen) atoms. The predicted molar refractivity (Wildman–Crippen MR) is 79.6 cm³/mol. The molecule has 0 fully saturated rings. The summed E-state index contributed by atoms with van der Waals surface area (Å²) in [4.78, 5) is -0.211. The third-order valence-electron chi connectivity index (χ3n) is 3.62. The van der Waals surface area contributed by atoms with Gasteiger partial charge in [-0.05, 0) is 23.5 Å². The number of benzene rings is 1. The van der Waals surface area contributed by atoms with Crippen molar-refractivity contribution < 1.29 is 12.8 Å². The summed E-state index contributed by atoms with van der Waals surface area (Å²) < 4.78 is 40.1. The van der Waals surface area contributed by atoms with Gasteiger partial charge in [-0.15, -0.1) is 0 Å². The summed E-state index contributed by atoms with van der Waals surface area (Å²) in [6, 6.07) is 1.93. The molecule has 0 heterocycles. The molecular formula is C13H20ClFN2O2S. The minimum atomic E-state index is -3.83. The fourth-order valence-electron chi connectivity index (χ4n) is 1.31. The van der Waals surface area contributed by atoms with E-state index in [0.29, 0.717) is 5.92 Å². The van der Waals surface area contributed by atoms with Gasteiger partial charge in [-0.2, -0.15) is 0 Å². The smallest absolute Gasteiger partial charge is 0.242 e. The largest absolute Gasteiger partial charge is 0.396 e. The van der Waals surface area contributed by atoms with Crippen LogP contribution in [-0.4, -0.2) is 15.0 Å². The van der Waals surface area contributed by atoms with Crippen LogP contribution in [0.3, 0.4) is 0 Å². The van der Waals surface area contributed by atoms with Crippen LogP contribution in [-0.2, 0) is 10.0 Å². The summed E-state index contributed by atoms with van der Waals surface area (Å²) in [5, 5.41) is -0.188. The van der Waals surface area contributed by atoms with Gasteiger partial charge in [-0.25, -0.2) is 17.5 Å². The van der Waals surface area contributed by atoms with Gasteiger partial charge in [0.1, 0.15) is 10.7 Å². The van der Waals surface area contributed by atoms with Gasteiger partial charge >= 0.3 is 0 Å². The molecule has 3 N–H and O–H groups in total. The van der Waals surface area contributed by atoms with Gasteiger partial charge in [0.05, 0.1) is 10.7 Å². The molecule has 114 valence electrons. The van der Waals surface area contributed by atoms with Crippen LogP contribution in [0.25, 0.3) is 0 Å². The highest BCUT2D eigenvalue weighted by Gasteiger charge is 2.27. The summed E-state index contributed by atoms with van der Waals surface area (Å²) in [6.07, 6.45) is 0. The van der Waals surface area contributed by atoms with E-state index in [9.17, 15) is 12.8 Å². The zero-order valence-corrected chi connectivity index (χ0v) is 13.6. The summed E-state index contributed by atoms with van der Waals surface area (Å²) in [7, 11) is -3.83. The predicted octanol–water partition coefficient (Wildman–Crippen LogP) is 3.02. The van der Waals surface area contributed by atoms with Gasteiger partial charge < -0.3 is 5.73 Å². The first-order valence-electron chi connectivity index (χ1n) is 6.21. The Hall–Kier alpha value is -0.850. The van der Waals surface area contributed by atoms with E-state index in [0.717, 1.165) is 12.1 Å². The van der Waals surface area contributed by atoms with Crippen molar-refractivity contribution in [2.24, 2.45) is 11.3 Å². The van der Waals surface area contributed by atoms with Crippen LogP contribution in [0.1, 0.15) is 27.7 Å². The fraction of sp³-hybridized carbons (Fsp3) is 0.538. The van der Waals surface area contributed by atoms with Crippen LogP contribution in [0, 0.1) is 17.2 Å². The highest BCUT2D eigenvalue weighted by molar-refractivity contribution is 7.89. The van der Waals surface area contributed by atoms with Crippen molar-refractivity contribution in [1.29, 1.82) is 0 Å². The standard InChI is InChI=1S/C13H20ClFN2O2S/c1-8(2)13(3,4)7-17-20(18,19)12-6-11(16)10(15)5-9(12)14/h5-6,8,17H,7,16H2,1-4H3. The Morgan fingerprint density at radius 2 is 1.95 bits per heavy atom. The first kappa shape index (κ1) is 17.2. The number of hydrogen-bond donors (Lipinski definition) is 2. The van der Waals surface area contributed by atoms with Gasteiger partial charge in [-0.3, -0.25) is 0 Å². The molecule has 0 amide bonds. The Bertz CT molecular complexity index is 601. The molecule has 0 radical (unpaired) electrons. The van der Waals surface area contributed by atoms with Crippen LogP contribution in [0.2, 0.25) is 5.02 Å². The van der Waals surface area contributed by atoms with Crippen LogP contribution < -0.4 is 10.5 Å². The average molecular weight is 323 g/mol. The molecule has 1 aromatic carbocycles. The first-order chi connectivity index (χ1) is 8.97. The van der Waals surface area contributed by atoms with E-state index in [1.807, 2.05) is 27.7 Å².